The molecule has 0 amide bonds. The van der Waals surface area contributed by atoms with Crippen LogP contribution >= 0.6 is 0 Å². The van der Waals surface area contributed by atoms with Crippen LogP contribution in [0.2, 0.25) is 0 Å². The van der Waals surface area contributed by atoms with Crippen molar-refractivity contribution in [3.63, 3.8) is 0 Å². The van der Waals surface area contributed by atoms with Crippen LogP contribution in [0, 0.1) is 0 Å². The van der Waals surface area contributed by atoms with E-state index in [1.165, 1.54) is 126 Å². The summed E-state index contributed by atoms with van der Waals surface area (Å²) in [6.07, 6.45) is 25.7. The van der Waals surface area contributed by atoms with Crippen LogP contribution in [0.4, 0.5) is 11.4 Å². The monoisotopic (exact) mass is 906 g/mol. The molecular weight excluding hydrogens is 821 g/mol. The second kappa shape index (κ2) is 17.6. The van der Waals surface area contributed by atoms with E-state index in [9.17, 15) is 0 Å². The molecule has 2 nitrogen and oxygen atoms in total. The van der Waals surface area contributed by atoms with E-state index in [2.05, 4.69) is 210 Å². The van der Waals surface area contributed by atoms with Gasteiger partial charge in [-0.25, -0.2) is 0 Å². The van der Waals surface area contributed by atoms with Crippen molar-refractivity contribution in [1.29, 1.82) is 0 Å². The molecule has 0 unspecified atom stereocenters. The van der Waals surface area contributed by atoms with E-state index >= 15 is 0 Å². The number of hydrogen-bond acceptors (Lipinski definition) is 1. The molecule has 358 valence electrons. The van der Waals surface area contributed by atoms with E-state index in [4.69, 9.17) is 0 Å². The zero-order valence-corrected chi connectivity index (χ0v) is 44.9. The molecule has 0 bridgehead atoms. The van der Waals surface area contributed by atoms with Crippen molar-refractivity contribution in [2.75, 3.05) is 19.0 Å². The molecule has 2 aliphatic heterocycles. The molecule has 0 fully saturated rings. The Morgan fingerprint density at radius 3 is 1.65 bits per heavy atom. The fourth-order valence-electron chi connectivity index (χ4n) is 15.7. The number of nitrogens with zero attached hydrogens (tertiary/aromatic N) is 2. The molecule has 0 saturated heterocycles. The Hall–Kier alpha value is -4.69. The van der Waals surface area contributed by atoms with Crippen LogP contribution in [0.1, 0.15) is 205 Å². The summed E-state index contributed by atoms with van der Waals surface area (Å²) in [5.74, 6) is 0. The van der Waals surface area contributed by atoms with Crippen LogP contribution < -0.4 is 4.90 Å². The third-order valence-electron chi connectivity index (χ3n) is 18.1. The van der Waals surface area contributed by atoms with Gasteiger partial charge in [0, 0.05) is 41.6 Å². The maximum atomic E-state index is 2.85. The number of allylic oxidation sites excluding steroid dienone is 8. The van der Waals surface area contributed by atoms with Crippen molar-refractivity contribution in [3.8, 4) is 11.1 Å². The van der Waals surface area contributed by atoms with Crippen molar-refractivity contribution in [2.24, 2.45) is 0 Å². The van der Waals surface area contributed by atoms with Crippen LogP contribution in [0.25, 0.3) is 16.7 Å². The van der Waals surface area contributed by atoms with Crippen LogP contribution in [0.15, 0.2) is 120 Å². The molecule has 9 rings (SSSR count). The molecule has 0 saturated carbocycles. The van der Waals surface area contributed by atoms with Gasteiger partial charge in [0.2, 0.25) is 5.69 Å². The molecule has 0 aromatic heterocycles. The maximum absolute atomic E-state index is 2.85. The molecule has 2 heteroatoms. The van der Waals surface area contributed by atoms with E-state index in [-0.39, 0.29) is 32.5 Å². The van der Waals surface area contributed by atoms with Crippen LogP contribution in [0.5, 0.6) is 0 Å². The second-order valence-corrected chi connectivity index (χ2v) is 24.5. The highest BCUT2D eigenvalue weighted by atomic mass is 15.2. The first-order chi connectivity index (χ1) is 32.3. The summed E-state index contributed by atoms with van der Waals surface area (Å²) in [5, 5.41) is 0. The van der Waals surface area contributed by atoms with E-state index in [1.54, 1.807) is 27.8 Å². The summed E-state index contributed by atoms with van der Waals surface area (Å²) < 4.78 is 2.42. The quantitative estimate of drug-likeness (QED) is 0.121. The van der Waals surface area contributed by atoms with Gasteiger partial charge in [0.15, 0.2) is 5.71 Å². The number of rotatable bonds is 13. The zero-order chi connectivity index (χ0) is 48.6. The highest BCUT2D eigenvalue weighted by Crippen LogP contribution is 2.64. The van der Waals surface area contributed by atoms with E-state index in [0.717, 1.165) is 19.3 Å². The molecule has 4 aromatic carbocycles. The first-order valence-corrected chi connectivity index (χ1v) is 27.0. The Kier molecular flexibility index (Phi) is 12.5. The van der Waals surface area contributed by atoms with Gasteiger partial charge in [0.25, 0.3) is 0 Å². The van der Waals surface area contributed by atoms with Gasteiger partial charge in [-0.15, -0.1) is 0 Å². The van der Waals surface area contributed by atoms with Crippen molar-refractivity contribution < 1.29 is 4.58 Å². The second-order valence-electron chi connectivity index (χ2n) is 24.5. The summed E-state index contributed by atoms with van der Waals surface area (Å²) >= 11 is 0. The first kappa shape index (κ1) is 48.3. The van der Waals surface area contributed by atoms with Gasteiger partial charge in [0.05, 0.1) is 5.41 Å². The Labute approximate surface area is 413 Å². The number of fused-ring (bicyclic) bond motifs is 4. The number of anilines is 1. The van der Waals surface area contributed by atoms with E-state index in [0.29, 0.717) is 0 Å². The lowest BCUT2D eigenvalue weighted by atomic mass is 9.69. The molecule has 2 heterocycles. The highest BCUT2D eigenvalue weighted by Gasteiger charge is 2.54. The lowest BCUT2D eigenvalue weighted by molar-refractivity contribution is -0.401. The van der Waals surface area contributed by atoms with Crippen LogP contribution in [-0.2, 0) is 32.5 Å². The van der Waals surface area contributed by atoms with Gasteiger partial charge < -0.3 is 4.90 Å². The van der Waals surface area contributed by atoms with Crippen LogP contribution in [-0.4, -0.2) is 24.4 Å². The minimum absolute atomic E-state index is 0.0783. The number of hydrogen-bond donors (Lipinski definition) is 0. The summed E-state index contributed by atoms with van der Waals surface area (Å²) in [5.41, 5.74) is 24.0. The lowest BCUT2D eigenvalue weighted by Gasteiger charge is -2.34. The average molecular weight is 906 g/mol. The minimum atomic E-state index is -0.0783. The van der Waals surface area contributed by atoms with Crippen molar-refractivity contribution in [2.45, 2.75) is 199 Å². The van der Waals surface area contributed by atoms with Gasteiger partial charge >= 0.3 is 0 Å². The molecule has 68 heavy (non-hydrogen) atoms. The fourth-order valence-corrected chi connectivity index (χ4v) is 15.7. The van der Waals surface area contributed by atoms with Crippen LogP contribution in [0.3, 0.4) is 0 Å². The Bertz CT molecular complexity index is 2700. The zero-order valence-electron chi connectivity index (χ0n) is 44.9. The minimum Gasteiger partial charge on any atom is -0.347 e. The predicted molar refractivity (Wildman–Crippen MR) is 294 cm³/mol. The molecule has 0 radical (unpaired) electrons. The summed E-state index contributed by atoms with van der Waals surface area (Å²) in [6, 6.07) is 30.9. The molecule has 4 aromatic rings. The summed E-state index contributed by atoms with van der Waals surface area (Å²) in [6.45, 7) is 29.6. The standard InChI is InChI=1S/C66H85N2/c1-15-38-65(39-16-2)43-61(5,6)59-51(65)42-52-60(62(7,8)44-66(52,40-17-3)41-18-4)58(59)48-32-30-47(31-33-48)57-45(34-36-55-63(9,10)49-26-19-21-28-53(49)67(55)13)24-23-25-46(57)35-37-56-64(11,12)50-27-20-22-29-54(50)68(56)14/h19-22,26-37,42H,15-18,23-25,38-41,43-44H2,1-14H3/q+1. The number of benzene rings is 4. The molecule has 3 aliphatic carbocycles. The third kappa shape index (κ3) is 7.60. The SMILES string of the molecule is CCCC1(CCC)CC(C)(C)c2c1cc1c(c2-c2ccc(C3=C(/C=C/C4=[N+](C)c5ccccc5C4(C)C)CCC/C3=C\C=C3\N(C)c4ccccc4C3(C)C)cc2)C(C)(C)CC1(CCC)CCC. The molecule has 0 atom stereocenters. The van der Waals surface area contributed by atoms with Gasteiger partial charge in [-0.05, 0) is 167 Å². The smallest absolute Gasteiger partial charge is 0.209 e. The fraction of sp³-hybridized carbons (Fsp3) is 0.500. The van der Waals surface area contributed by atoms with Crippen molar-refractivity contribution in [1.82, 2.24) is 0 Å². The molecule has 5 aliphatic rings. The Balaban J connectivity index is 1.24. The number of para-hydroxylation sites is 2. The average Bonchev–Trinajstić information content (AvgIpc) is 3.83. The molecular formula is C66H85N2+. The van der Waals surface area contributed by atoms with Gasteiger partial charge in [-0.2, -0.15) is 4.58 Å². The van der Waals surface area contributed by atoms with E-state index in [1.807, 2.05) is 0 Å². The first-order valence-electron chi connectivity index (χ1n) is 27.0. The summed E-state index contributed by atoms with van der Waals surface area (Å²) in [7, 11) is 4.50. The Morgan fingerprint density at radius 2 is 1.10 bits per heavy atom. The van der Waals surface area contributed by atoms with Gasteiger partial charge in [-0.3, -0.25) is 0 Å². The van der Waals surface area contributed by atoms with Crippen molar-refractivity contribution >= 4 is 22.7 Å². The van der Waals surface area contributed by atoms with Gasteiger partial charge in [0.1, 0.15) is 7.05 Å². The third-order valence-corrected chi connectivity index (χ3v) is 18.1. The summed E-state index contributed by atoms with van der Waals surface area (Å²) in [4.78, 5) is 2.42. The molecule has 0 N–H and O–H groups in total. The Morgan fingerprint density at radius 1 is 0.574 bits per heavy atom. The largest absolute Gasteiger partial charge is 0.347 e. The van der Waals surface area contributed by atoms with Crippen molar-refractivity contribution in [3.05, 3.63) is 159 Å². The lowest BCUT2D eigenvalue weighted by Crippen LogP contribution is -2.27. The topological polar surface area (TPSA) is 6.25 Å². The number of likely N-dealkylation sites (N-methyl/N-ethyl adjacent to an activating group) is 1. The maximum Gasteiger partial charge on any atom is 0.209 e. The predicted octanol–water partition coefficient (Wildman–Crippen LogP) is 17.8. The highest BCUT2D eigenvalue weighted by molar-refractivity contribution is 6.03. The van der Waals surface area contributed by atoms with E-state index < -0.39 is 0 Å². The van der Waals surface area contributed by atoms with Gasteiger partial charge in [-0.1, -0.05) is 174 Å². The molecule has 0 spiro atoms. The normalized spacial score (nSPS) is 22.4.